The zero-order chi connectivity index (χ0) is 19.6. The third-order valence-corrected chi connectivity index (χ3v) is 4.94. The highest BCUT2D eigenvalue weighted by molar-refractivity contribution is 8.14. The van der Waals surface area contributed by atoms with Crippen molar-refractivity contribution in [3.8, 4) is 0 Å². The summed E-state index contributed by atoms with van der Waals surface area (Å²) < 4.78 is 5.73. The van der Waals surface area contributed by atoms with Crippen LogP contribution in [0, 0.1) is 0 Å². The second-order valence-corrected chi connectivity index (χ2v) is 7.57. The second-order valence-electron chi connectivity index (χ2n) is 6.09. The summed E-state index contributed by atoms with van der Waals surface area (Å²) in [5.74, 6) is -0.570. The summed E-state index contributed by atoms with van der Waals surface area (Å²) in [6.45, 7) is 3.42. The summed E-state index contributed by atoms with van der Waals surface area (Å²) in [5, 5.41) is 9.60. The van der Waals surface area contributed by atoms with E-state index in [4.69, 9.17) is 27.5 Å². The van der Waals surface area contributed by atoms with Gasteiger partial charge in [0, 0.05) is 43.4 Å². The number of carbonyl (C=O) groups excluding carboxylic acids is 2. The van der Waals surface area contributed by atoms with Crippen molar-refractivity contribution >= 4 is 40.2 Å². The fraction of sp³-hybridized carbons (Fsp3) is 0.389. The lowest BCUT2D eigenvalue weighted by molar-refractivity contribution is -0.120. The molecule has 1 atom stereocenters. The maximum absolute atomic E-state index is 11.9. The van der Waals surface area contributed by atoms with Gasteiger partial charge in [0.15, 0.2) is 0 Å². The topological polar surface area (TPSA) is 110 Å². The molecule has 0 aromatic heterocycles. The Morgan fingerprint density at radius 1 is 1.44 bits per heavy atom. The van der Waals surface area contributed by atoms with Gasteiger partial charge in [0.25, 0.3) is 0 Å². The number of nitrogens with two attached hydrogens (primary N) is 2. The fourth-order valence-electron chi connectivity index (χ4n) is 2.58. The van der Waals surface area contributed by atoms with Crippen LogP contribution in [0.25, 0.3) is 0 Å². The standard InChI is InChI=1S/C18H23ClN4O3S/c19-14-3-1-2-13(8-14)10-23-6-7-26-15(11-23)9-22-18(25)12-27-17(21)5-4-16(20)24/h1-5,8,15,21H,6-7,9-12H2,(H2,20,24)(H,22,25)/p+1. The predicted octanol–water partition coefficient (Wildman–Crippen LogP) is -0.411. The van der Waals surface area contributed by atoms with Gasteiger partial charge in [-0.05, 0) is 29.5 Å². The van der Waals surface area contributed by atoms with Crippen LogP contribution in [0.3, 0.4) is 0 Å². The van der Waals surface area contributed by atoms with Crippen molar-refractivity contribution in [2.45, 2.75) is 12.6 Å². The molecule has 0 spiro atoms. The quantitative estimate of drug-likeness (QED) is 0.306. The first kappa shape index (κ1) is 21.4. The average molecular weight is 412 g/mol. The number of thioether (sulfide) groups is 1. The molecule has 146 valence electrons. The summed E-state index contributed by atoms with van der Waals surface area (Å²) in [5.41, 5.74) is 6.14. The number of nitrogens with one attached hydrogen (secondary N) is 1. The van der Waals surface area contributed by atoms with E-state index in [0.29, 0.717) is 18.2 Å². The maximum atomic E-state index is 11.9. The Labute approximate surface area is 167 Å². The number of hydrogen-bond acceptors (Lipinski definition) is 5. The Hall–Kier alpha value is -1.87. The van der Waals surface area contributed by atoms with Gasteiger partial charge in [-0.3, -0.25) is 14.5 Å². The van der Waals surface area contributed by atoms with Gasteiger partial charge < -0.3 is 15.8 Å². The van der Waals surface area contributed by atoms with Crippen LogP contribution in [-0.2, 0) is 20.9 Å². The highest BCUT2D eigenvalue weighted by Crippen LogP contribution is 2.14. The first-order valence-electron chi connectivity index (χ1n) is 8.50. The highest BCUT2D eigenvalue weighted by atomic mass is 35.5. The molecule has 1 aliphatic rings. The third kappa shape index (κ3) is 8.57. The molecule has 2 rings (SSSR count). The van der Waals surface area contributed by atoms with Crippen molar-refractivity contribution in [2.24, 2.45) is 5.73 Å². The molecule has 5 N–H and O–H groups in total. The minimum atomic E-state index is -0.584. The summed E-state index contributed by atoms with van der Waals surface area (Å²) in [6.07, 6.45) is 2.48. The highest BCUT2D eigenvalue weighted by Gasteiger charge is 2.21. The molecule has 1 fully saturated rings. The molecular weight excluding hydrogens is 388 g/mol. The van der Waals surface area contributed by atoms with Crippen LogP contribution in [0.4, 0.5) is 0 Å². The number of ether oxygens (including phenoxy) is 1. The summed E-state index contributed by atoms with van der Waals surface area (Å²) >= 11 is 7.17. The molecule has 1 aliphatic heterocycles. The molecule has 9 heteroatoms. The fourth-order valence-corrected chi connectivity index (χ4v) is 3.36. The molecule has 1 unspecified atom stereocenters. The Morgan fingerprint density at radius 2 is 2.26 bits per heavy atom. The van der Waals surface area contributed by atoms with E-state index in [1.165, 1.54) is 6.08 Å². The van der Waals surface area contributed by atoms with Crippen LogP contribution in [0.2, 0.25) is 5.02 Å². The third-order valence-electron chi connectivity index (χ3n) is 3.83. The van der Waals surface area contributed by atoms with Crippen molar-refractivity contribution in [1.82, 2.24) is 10.2 Å². The summed E-state index contributed by atoms with van der Waals surface area (Å²) in [6, 6.07) is 7.80. The molecule has 7 nitrogen and oxygen atoms in total. The van der Waals surface area contributed by atoms with E-state index in [1.807, 2.05) is 24.3 Å². The van der Waals surface area contributed by atoms with Crippen LogP contribution in [0.1, 0.15) is 5.56 Å². The SMILES string of the molecule is NC(=O)C=CC(=[NH2+])SCC(=O)NCC1CN(Cc2cccc(Cl)c2)CCO1. The van der Waals surface area contributed by atoms with Crippen LogP contribution in [-0.4, -0.2) is 59.9 Å². The molecule has 27 heavy (non-hydrogen) atoms. The number of halogens is 1. The molecule has 1 aromatic rings. The minimum Gasteiger partial charge on any atom is -0.374 e. The normalized spacial score (nSPS) is 17.7. The van der Waals surface area contributed by atoms with Crippen LogP contribution >= 0.6 is 23.4 Å². The number of nitrogens with zero attached hydrogens (tertiary/aromatic N) is 1. The van der Waals surface area contributed by atoms with Crippen molar-refractivity contribution in [2.75, 3.05) is 32.0 Å². The van der Waals surface area contributed by atoms with Gasteiger partial charge >= 0.3 is 0 Å². The summed E-state index contributed by atoms with van der Waals surface area (Å²) in [7, 11) is 0. The second kappa shape index (κ2) is 11.1. The molecule has 0 aliphatic carbocycles. The number of benzene rings is 1. The number of morpholine rings is 1. The summed E-state index contributed by atoms with van der Waals surface area (Å²) in [4.78, 5) is 24.8. The average Bonchev–Trinajstić information content (AvgIpc) is 2.63. The van der Waals surface area contributed by atoms with E-state index < -0.39 is 5.91 Å². The zero-order valence-corrected chi connectivity index (χ0v) is 16.5. The molecule has 1 saturated heterocycles. The van der Waals surface area contributed by atoms with Crippen molar-refractivity contribution in [3.63, 3.8) is 0 Å². The molecule has 0 bridgehead atoms. The van der Waals surface area contributed by atoms with E-state index in [-0.39, 0.29) is 17.8 Å². The Kier molecular flexibility index (Phi) is 8.80. The van der Waals surface area contributed by atoms with Crippen LogP contribution in [0.5, 0.6) is 0 Å². The van der Waals surface area contributed by atoms with E-state index in [9.17, 15) is 9.59 Å². The zero-order valence-electron chi connectivity index (χ0n) is 14.9. The van der Waals surface area contributed by atoms with Gasteiger partial charge in [0.05, 0.1) is 18.5 Å². The molecule has 1 aromatic carbocycles. The maximum Gasteiger partial charge on any atom is 0.241 e. The predicted molar refractivity (Wildman–Crippen MR) is 107 cm³/mol. The minimum absolute atomic E-state index is 0.0667. The van der Waals surface area contributed by atoms with Gasteiger partial charge in [-0.15, -0.1) is 0 Å². The molecule has 0 saturated carbocycles. The number of hydrogen-bond donors (Lipinski definition) is 3. The first-order chi connectivity index (χ1) is 12.9. The van der Waals surface area contributed by atoms with Crippen LogP contribution in [0.15, 0.2) is 36.4 Å². The van der Waals surface area contributed by atoms with Gasteiger partial charge in [0.1, 0.15) is 0 Å². The van der Waals surface area contributed by atoms with Gasteiger partial charge in [-0.1, -0.05) is 23.7 Å². The Morgan fingerprint density at radius 3 is 3.00 bits per heavy atom. The van der Waals surface area contributed by atoms with E-state index in [1.54, 1.807) is 0 Å². The first-order valence-corrected chi connectivity index (χ1v) is 9.86. The van der Waals surface area contributed by atoms with Gasteiger partial charge in [-0.2, -0.15) is 0 Å². The number of amides is 2. The monoisotopic (exact) mass is 411 g/mol. The van der Waals surface area contributed by atoms with E-state index in [0.717, 1.165) is 48.1 Å². The number of carbonyl (C=O) groups is 2. The lowest BCUT2D eigenvalue weighted by Crippen LogP contribution is -2.47. The largest absolute Gasteiger partial charge is 0.374 e. The van der Waals surface area contributed by atoms with E-state index in [2.05, 4.69) is 10.2 Å². The van der Waals surface area contributed by atoms with Crippen molar-refractivity contribution < 1.29 is 19.7 Å². The van der Waals surface area contributed by atoms with Crippen molar-refractivity contribution in [3.05, 3.63) is 47.0 Å². The molecule has 1 heterocycles. The van der Waals surface area contributed by atoms with Crippen molar-refractivity contribution in [1.29, 1.82) is 0 Å². The van der Waals surface area contributed by atoms with Gasteiger partial charge in [-0.25, -0.2) is 5.41 Å². The lowest BCUT2D eigenvalue weighted by Gasteiger charge is -2.33. The Bertz CT molecular complexity index is 714. The number of primary amides is 1. The lowest BCUT2D eigenvalue weighted by atomic mass is 10.2. The van der Waals surface area contributed by atoms with Crippen LogP contribution < -0.4 is 16.5 Å². The molecule has 2 amide bonds. The molecule has 0 radical (unpaired) electrons. The number of rotatable bonds is 8. The molecular formula is C18H24ClN4O3S+. The van der Waals surface area contributed by atoms with E-state index >= 15 is 0 Å². The smallest absolute Gasteiger partial charge is 0.241 e. The Balaban J connectivity index is 1.70. The van der Waals surface area contributed by atoms with Gasteiger partial charge in [0.2, 0.25) is 16.9 Å².